The quantitative estimate of drug-likeness (QED) is 0.277. The largest absolute Gasteiger partial charge is 0.506 e. The number of hydrogen-bond acceptors (Lipinski definition) is 2. The lowest BCUT2D eigenvalue weighted by molar-refractivity contribution is 0.473. The van der Waals surface area contributed by atoms with Gasteiger partial charge in [0.15, 0.2) is 0 Å². The van der Waals surface area contributed by atoms with Crippen LogP contribution < -0.4 is 5.30 Å². The Bertz CT molecular complexity index is 1040. The average Bonchev–Trinajstić information content (AvgIpc) is 2.61. The Morgan fingerprint density at radius 1 is 0.643 bits per heavy atom. The molecule has 1 unspecified atom stereocenters. The number of phenols is 2. The predicted octanol–water partition coefficient (Wildman–Crippen LogP) is 7.91. The van der Waals surface area contributed by atoms with Gasteiger partial charge in [-0.15, -0.1) is 9.24 Å². The monoisotopic (exact) mass is 648 g/mol. The predicted molar refractivity (Wildman–Crippen MR) is 135 cm³/mol. The van der Waals surface area contributed by atoms with Crippen LogP contribution in [-0.4, -0.2) is 10.2 Å². The highest BCUT2D eigenvalue weighted by atomic mass is 79.9. The molecule has 28 heavy (non-hydrogen) atoms. The average molecular weight is 652 g/mol. The number of benzene rings is 3. The van der Waals surface area contributed by atoms with Gasteiger partial charge in [0.05, 0.1) is 8.95 Å². The zero-order valence-corrected chi connectivity index (χ0v) is 22.8. The molecule has 0 heterocycles. The molecule has 1 atom stereocenters. The van der Waals surface area contributed by atoms with Crippen molar-refractivity contribution in [2.45, 2.75) is 20.8 Å². The molecular formula is C21H17Br4O2P. The first-order chi connectivity index (χ1) is 13.0. The van der Waals surface area contributed by atoms with E-state index in [2.05, 4.69) is 73.0 Å². The summed E-state index contributed by atoms with van der Waals surface area (Å²) in [5.74, 6) is 0.376. The SMILES string of the molecule is Cc1c(P)c(C)c(-c2cc(Br)cc(Br)c2O)c(C)c1-c1cc(Br)cc(Br)c1O. The van der Waals surface area contributed by atoms with Crippen molar-refractivity contribution in [1.29, 1.82) is 0 Å². The van der Waals surface area contributed by atoms with Crippen LogP contribution in [0.2, 0.25) is 0 Å². The van der Waals surface area contributed by atoms with Crippen molar-refractivity contribution < 1.29 is 10.2 Å². The summed E-state index contributed by atoms with van der Waals surface area (Å²) in [5, 5.41) is 22.5. The topological polar surface area (TPSA) is 40.5 Å². The molecule has 0 radical (unpaired) electrons. The Labute approximate surface area is 200 Å². The maximum atomic E-state index is 10.7. The van der Waals surface area contributed by atoms with Gasteiger partial charge in [-0.2, -0.15) is 0 Å². The first-order valence-corrected chi connectivity index (χ1v) is 12.1. The molecule has 0 saturated carbocycles. The van der Waals surface area contributed by atoms with Crippen LogP contribution in [0.1, 0.15) is 16.7 Å². The van der Waals surface area contributed by atoms with Crippen molar-refractivity contribution in [2.24, 2.45) is 0 Å². The summed E-state index contributed by atoms with van der Waals surface area (Å²) in [6, 6.07) is 7.46. The maximum Gasteiger partial charge on any atom is 0.137 e. The van der Waals surface area contributed by atoms with E-state index in [1.807, 2.05) is 45.0 Å². The van der Waals surface area contributed by atoms with Crippen LogP contribution in [0.5, 0.6) is 11.5 Å². The number of rotatable bonds is 2. The summed E-state index contributed by atoms with van der Waals surface area (Å²) in [6.07, 6.45) is 0. The van der Waals surface area contributed by atoms with Crippen LogP contribution in [-0.2, 0) is 0 Å². The van der Waals surface area contributed by atoms with Gasteiger partial charge < -0.3 is 10.2 Å². The summed E-state index contributed by atoms with van der Waals surface area (Å²) in [6.45, 7) is 6.12. The van der Waals surface area contributed by atoms with Crippen LogP contribution in [0.15, 0.2) is 42.2 Å². The van der Waals surface area contributed by atoms with Crippen LogP contribution in [0.25, 0.3) is 22.3 Å². The molecule has 0 aliphatic rings. The first-order valence-electron chi connectivity index (χ1n) is 8.30. The fourth-order valence-corrected chi connectivity index (χ4v) is 6.30. The molecule has 3 aromatic rings. The minimum absolute atomic E-state index is 0.188. The third-order valence-electron chi connectivity index (χ3n) is 4.90. The van der Waals surface area contributed by atoms with E-state index in [1.54, 1.807) is 0 Å². The van der Waals surface area contributed by atoms with Gasteiger partial charge in [-0.25, -0.2) is 0 Å². The lowest BCUT2D eigenvalue weighted by Gasteiger charge is -2.23. The molecule has 7 heteroatoms. The number of phenolic OH excluding ortho intramolecular Hbond substituents is 2. The zero-order chi connectivity index (χ0) is 20.9. The fraction of sp³-hybridized carbons (Fsp3) is 0.143. The van der Waals surface area contributed by atoms with Gasteiger partial charge >= 0.3 is 0 Å². The lowest BCUT2D eigenvalue weighted by Crippen LogP contribution is -2.10. The van der Waals surface area contributed by atoms with Crippen molar-refractivity contribution in [3.05, 3.63) is 58.8 Å². The molecule has 0 saturated heterocycles. The minimum Gasteiger partial charge on any atom is -0.506 e. The van der Waals surface area contributed by atoms with Crippen LogP contribution in [0.3, 0.4) is 0 Å². The van der Waals surface area contributed by atoms with Crippen molar-refractivity contribution in [2.75, 3.05) is 0 Å². The Morgan fingerprint density at radius 2 is 1.00 bits per heavy atom. The van der Waals surface area contributed by atoms with Gasteiger partial charge in [0.25, 0.3) is 0 Å². The van der Waals surface area contributed by atoms with E-state index in [1.165, 1.54) is 0 Å². The van der Waals surface area contributed by atoms with Crippen molar-refractivity contribution in [1.82, 2.24) is 0 Å². The smallest absolute Gasteiger partial charge is 0.137 e. The van der Waals surface area contributed by atoms with E-state index in [4.69, 9.17) is 0 Å². The van der Waals surface area contributed by atoms with E-state index in [0.29, 0.717) is 8.95 Å². The second-order valence-corrected chi connectivity index (χ2v) is 10.7. The highest BCUT2D eigenvalue weighted by Crippen LogP contribution is 2.46. The van der Waals surface area contributed by atoms with Gasteiger partial charge in [0.1, 0.15) is 11.5 Å². The van der Waals surface area contributed by atoms with E-state index in [9.17, 15) is 10.2 Å². The summed E-state index contributed by atoms with van der Waals surface area (Å²) in [4.78, 5) is 0. The fourth-order valence-electron chi connectivity index (χ4n) is 3.56. The molecule has 146 valence electrons. The molecule has 0 amide bonds. The van der Waals surface area contributed by atoms with Crippen LogP contribution >= 0.6 is 73.0 Å². The highest BCUT2D eigenvalue weighted by molar-refractivity contribution is 9.11. The zero-order valence-electron chi connectivity index (χ0n) is 15.3. The summed E-state index contributed by atoms with van der Waals surface area (Å²) < 4.78 is 2.98. The number of halogens is 4. The highest BCUT2D eigenvalue weighted by Gasteiger charge is 2.23. The first kappa shape index (κ1) is 22.3. The molecule has 3 aromatic carbocycles. The van der Waals surface area contributed by atoms with Gasteiger partial charge in [-0.3, -0.25) is 0 Å². The Balaban J connectivity index is 2.48. The molecular weight excluding hydrogens is 635 g/mol. The third-order valence-corrected chi connectivity index (χ3v) is 7.89. The van der Waals surface area contributed by atoms with Gasteiger partial charge in [-0.1, -0.05) is 31.9 Å². The molecule has 0 aliphatic heterocycles. The Morgan fingerprint density at radius 3 is 1.36 bits per heavy atom. The third kappa shape index (κ3) is 3.83. The van der Waals surface area contributed by atoms with Gasteiger partial charge in [0, 0.05) is 20.1 Å². The maximum absolute atomic E-state index is 10.7. The Hall–Kier alpha value is -0.390. The summed E-state index contributed by atoms with van der Waals surface area (Å²) in [5.41, 5.74) is 6.47. The molecule has 3 rings (SSSR count). The number of aromatic hydroxyl groups is 2. The molecule has 0 aliphatic carbocycles. The molecule has 0 aromatic heterocycles. The van der Waals surface area contributed by atoms with Crippen molar-refractivity contribution >= 4 is 78.3 Å². The van der Waals surface area contributed by atoms with Crippen LogP contribution in [0.4, 0.5) is 0 Å². The van der Waals surface area contributed by atoms with E-state index < -0.39 is 0 Å². The normalized spacial score (nSPS) is 11.1. The van der Waals surface area contributed by atoms with Crippen molar-refractivity contribution in [3.8, 4) is 33.8 Å². The summed E-state index contributed by atoms with van der Waals surface area (Å²) in [7, 11) is 2.81. The number of hydrogen-bond donors (Lipinski definition) is 2. The second-order valence-electron chi connectivity index (χ2n) is 6.61. The van der Waals surface area contributed by atoms with E-state index in [0.717, 1.165) is 53.2 Å². The molecule has 0 bridgehead atoms. The molecule has 2 nitrogen and oxygen atoms in total. The Kier molecular flexibility index (Phi) is 6.68. The van der Waals surface area contributed by atoms with Crippen molar-refractivity contribution in [3.63, 3.8) is 0 Å². The molecule has 2 N–H and O–H groups in total. The molecule has 0 fully saturated rings. The second kappa shape index (κ2) is 8.39. The molecule has 0 spiro atoms. The van der Waals surface area contributed by atoms with E-state index in [-0.39, 0.29) is 11.5 Å². The van der Waals surface area contributed by atoms with Gasteiger partial charge in [0.2, 0.25) is 0 Å². The van der Waals surface area contributed by atoms with E-state index >= 15 is 0 Å². The van der Waals surface area contributed by atoms with Crippen LogP contribution in [0, 0.1) is 20.8 Å². The minimum atomic E-state index is 0.188. The lowest BCUT2D eigenvalue weighted by atomic mass is 9.85. The van der Waals surface area contributed by atoms with Gasteiger partial charge in [-0.05, 0) is 110 Å². The standard InChI is InChI=1S/C21H17Br4O2P/c1-8-17(13-4-11(22)6-15(24)19(13)26)9(2)21(28)10(3)18(8)14-5-12(23)7-16(25)20(14)27/h4-7,26-27H,28H2,1-3H3. The summed E-state index contributed by atoms with van der Waals surface area (Å²) >= 11 is 13.9.